The van der Waals surface area contributed by atoms with E-state index in [0.717, 1.165) is 20.4 Å². The van der Waals surface area contributed by atoms with Gasteiger partial charge in [0.15, 0.2) is 0 Å². The van der Waals surface area contributed by atoms with E-state index < -0.39 is 17.2 Å². The first-order valence-corrected chi connectivity index (χ1v) is 10.5. The zero-order chi connectivity index (χ0) is 23.4. The predicted octanol–water partition coefficient (Wildman–Crippen LogP) is 2.73. The Morgan fingerprint density at radius 3 is 2.42 bits per heavy atom. The van der Waals surface area contributed by atoms with Crippen molar-refractivity contribution in [3.8, 4) is 5.69 Å². The normalized spacial score (nSPS) is 10.7. The third kappa shape index (κ3) is 5.07. The molecule has 0 bridgehead atoms. The molecule has 0 saturated carbocycles. The van der Waals surface area contributed by atoms with Gasteiger partial charge in [-0.3, -0.25) is 19.1 Å². The molecule has 0 saturated heterocycles. The van der Waals surface area contributed by atoms with Gasteiger partial charge in [0.2, 0.25) is 5.69 Å². The fraction of sp³-hybridized carbons (Fsp3) is 0.125. The minimum Gasteiger partial charge on any atom is -0.346 e. The van der Waals surface area contributed by atoms with Gasteiger partial charge in [0.1, 0.15) is 0 Å². The molecule has 166 valence electrons. The second-order valence-corrected chi connectivity index (χ2v) is 7.87. The number of benzene rings is 2. The Hall–Kier alpha value is -4.04. The van der Waals surface area contributed by atoms with Crippen LogP contribution >= 0.6 is 11.6 Å². The van der Waals surface area contributed by atoms with E-state index in [1.807, 2.05) is 19.1 Å². The maximum Gasteiger partial charge on any atom is 0.352 e. The van der Waals surface area contributed by atoms with Crippen molar-refractivity contribution in [2.45, 2.75) is 20.0 Å². The summed E-state index contributed by atoms with van der Waals surface area (Å²) in [6.45, 7) is 2.04. The maximum absolute atomic E-state index is 13.2. The number of halogens is 1. The van der Waals surface area contributed by atoms with Gasteiger partial charge in [0.25, 0.3) is 11.5 Å². The molecule has 4 aromatic rings. The van der Waals surface area contributed by atoms with E-state index in [1.165, 1.54) is 0 Å². The molecule has 8 nitrogen and oxygen atoms in total. The van der Waals surface area contributed by atoms with Crippen molar-refractivity contribution in [1.29, 1.82) is 0 Å². The van der Waals surface area contributed by atoms with E-state index >= 15 is 0 Å². The van der Waals surface area contributed by atoms with Crippen LogP contribution in [0.4, 0.5) is 0 Å². The number of carbonyl (C=O) groups excluding carboxylic acids is 1. The van der Waals surface area contributed by atoms with Crippen LogP contribution in [0.1, 0.15) is 27.2 Å². The number of aryl methyl sites for hydroxylation is 1. The van der Waals surface area contributed by atoms with Gasteiger partial charge in [-0.1, -0.05) is 41.4 Å². The standard InChI is InChI=1S/C24H20ClN5O3/c1-16-5-7-20(8-6-16)30-24(33)29(15-18-3-2-4-19(25)13-18)23(32)21(28-30)22(31)27-14-17-9-11-26-12-10-17/h2-13H,14-15H2,1H3,(H,27,31). The topological polar surface area (TPSA) is 98.9 Å². The lowest BCUT2D eigenvalue weighted by Gasteiger charge is -2.13. The van der Waals surface area contributed by atoms with E-state index in [4.69, 9.17) is 11.6 Å². The van der Waals surface area contributed by atoms with Crippen molar-refractivity contribution in [3.63, 3.8) is 0 Å². The molecule has 2 aromatic heterocycles. The van der Waals surface area contributed by atoms with E-state index in [0.29, 0.717) is 16.3 Å². The van der Waals surface area contributed by atoms with Crippen molar-refractivity contribution >= 4 is 17.5 Å². The molecule has 2 heterocycles. The lowest BCUT2D eigenvalue weighted by molar-refractivity contribution is 0.0941. The molecule has 0 spiro atoms. The summed E-state index contributed by atoms with van der Waals surface area (Å²) in [6, 6.07) is 17.4. The maximum atomic E-state index is 13.2. The van der Waals surface area contributed by atoms with Gasteiger partial charge >= 0.3 is 5.69 Å². The third-order valence-corrected chi connectivity index (χ3v) is 5.22. The van der Waals surface area contributed by atoms with Crippen LogP contribution in [-0.2, 0) is 13.1 Å². The second kappa shape index (κ2) is 9.62. The molecule has 0 atom stereocenters. The number of hydrogen-bond donors (Lipinski definition) is 1. The Labute approximate surface area is 194 Å². The first kappa shape index (κ1) is 22.2. The van der Waals surface area contributed by atoms with Crippen molar-refractivity contribution in [2.24, 2.45) is 0 Å². The number of pyridine rings is 1. The third-order valence-electron chi connectivity index (χ3n) is 4.99. The zero-order valence-corrected chi connectivity index (χ0v) is 18.5. The molecule has 0 aliphatic rings. The highest BCUT2D eigenvalue weighted by molar-refractivity contribution is 6.30. The average Bonchev–Trinajstić information content (AvgIpc) is 2.82. The molecule has 0 fully saturated rings. The molecule has 9 heteroatoms. The van der Waals surface area contributed by atoms with E-state index in [9.17, 15) is 14.4 Å². The fourth-order valence-corrected chi connectivity index (χ4v) is 3.45. The summed E-state index contributed by atoms with van der Waals surface area (Å²) in [5.74, 6) is -0.683. The predicted molar refractivity (Wildman–Crippen MR) is 125 cm³/mol. The lowest BCUT2D eigenvalue weighted by Crippen LogP contribution is -2.46. The van der Waals surface area contributed by atoms with Crippen LogP contribution in [0, 0.1) is 6.92 Å². The van der Waals surface area contributed by atoms with Crippen LogP contribution in [0.25, 0.3) is 5.69 Å². The highest BCUT2D eigenvalue weighted by Crippen LogP contribution is 2.11. The Morgan fingerprint density at radius 1 is 1.00 bits per heavy atom. The number of carbonyl (C=O) groups is 1. The van der Waals surface area contributed by atoms with E-state index in [-0.39, 0.29) is 18.8 Å². The summed E-state index contributed by atoms with van der Waals surface area (Å²) < 4.78 is 2.05. The van der Waals surface area contributed by atoms with Gasteiger partial charge in [-0.25, -0.2) is 4.79 Å². The van der Waals surface area contributed by atoms with Gasteiger partial charge in [0.05, 0.1) is 12.2 Å². The lowest BCUT2D eigenvalue weighted by atomic mass is 10.2. The largest absolute Gasteiger partial charge is 0.352 e. The Morgan fingerprint density at radius 2 is 1.73 bits per heavy atom. The van der Waals surface area contributed by atoms with Gasteiger partial charge in [-0.2, -0.15) is 9.78 Å². The Balaban J connectivity index is 1.78. The number of rotatable bonds is 6. The van der Waals surface area contributed by atoms with Crippen LogP contribution in [-0.4, -0.2) is 25.2 Å². The quantitative estimate of drug-likeness (QED) is 0.476. The zero-order valence-electron chi connectivity index (χ0n) is 17.7. The van der Waals surface area contributed by atoms with Gasteiger partial charge in [-0.05, 0) is 54.4 Å². The first-order valence-electron chi connectivity index (χ1n) is 10.1. The molecule has 0 unspecified atom stereocenters. The van der Waals surface area contributed by atoms with Gasteiger partial charge < -0.3 is 5.32 Å². The number of nitrogens with zero attached hydrogens (tertiary/aromatic N) is 4. The van der Waals surface area contributed by atoms with Crippen LogP contribution in [0.5, 0.6) is 0 Å². The SMILES string of the molecule is Cc1ccc(-n2nc(C(=O)NCc3ccncc3)c(=O)n(Cc3cccc(Cl)c3)c2=O)cc1. The van der Waals surface area contributed by atoms with E-state index in [2.05, 4.69) is 15.4 Å². The number of hydrogen-bond acceptors (Lipinski definition) is 5. The average molecular weight is 462 g/mol. The fourth-order valence-electron chi connectivity index (χ4n) is 3.24. The van der Waals surface area contributed by atoms with Crippen LogP contribution < -0.4 is 16.6 Å². The molecule has 0 aliphatic carbocycles. The summed E-state index contributed by atoms with van der Waals surface area (Å²) in [5.41, 5.74) is 1.07. The summed E-state index contributed by atoms with van der Waals surface area (Å²) in [6.07, 6.45) is 3.21. The Kier molecular flexibility index (Phi) is 6.46. The summed E-state index contributed by atoms with van der Waals surface area (Å²) in [4.78, 5) is 43.2. The number of nitrogens with one attached hydrogen (secondary N) is 1. The van der Waals surface area contributed by atoms with E-state index in [1.54, 1.807) is 60.9 Å². The van der Waals surface area contributed by atoms with Gasteiger partial charge in [0, 0.05) is 24.0 Å². The molecule has 1 amide bonds. The molecule has 2 aromatic carbocycles. The summed E-state index contributed by atoms with van der Waals surface area (Å²) >= 11 is 6.06. The smallest absolute Gasteiger partial charge is 0.346 e. The summed E-state index contributed by atoms with van der Waals surface area (Å²) in [7, 11) is 0. The van der Waals surface area contributed by atoms with Crippen LogP contribution in [0.2, 0.25) is 5.02 Å². The minimum absolute atomic E-state index is 0.0583. The molecule has 0 aliphatic heterocycles. The van der Waals surface area contributed by atoms with Crippen LogP contribution in [0.3, 0.4) is 0 Å². The minimum atomic E-state index is -0.782. The Bertz CT molecular complexity index is 1410. The monoisotopic (exact) mass is 461 g/mol. The molecular formula is C24H20ClN5O3. The first-order chi connectivity index (χ1) is 15.9. The molecule has 33 heavy (non-hydrogen) atoms. The van der Waals surface area contributed by atoms with Crippen molar-refractivity contribution in [3.05, 3.63) is 121 Å². The second-order valence-electron chi connectivity index (χ2n) is 7.44. The van der Waals surface area contributed by atoms with Gasteiger partial charge in [-0.15, -0.1) is 0 Å². The number of aromatic nitrogens is 4. The number of amides is 1. The van der Waals surface area contributed by atoms with Crippen molar-refractivity contribution in [1.82, 2.24) is 24.6 Å². The molecule has 1 N–H and O–H groups in total. The van der Waals surface area contributed by atoms with Crippen molar-refractivity contribution < 1.29 is 4.79 Å². The molecule has 4 rings (SSSR count). The molecular weight excluding hydrogens is 442 g/mol. The summed E-state index contributed by atoms with van der Waals surface area (Å²) in [5, 5.41) is 7.28. The van der Waals surface area contributed by atoms with Crippen LogP contribution in [0.15, 0.2) is 82.6 Å². The van der Waals surface area contributed by atoms with Crippen molar-refractivity contribution in [2.75, 3.05) is 0 Å². The molecule has 0 radical (unpaired) electrons. The highest BCUT2D eigenvalue weighted by Gasteiger charge is 2.20. The highest BCUT2D eigenvalue weighted by atomic mass is 35.5.